The molecule has 3 aromatic heterocycles. The number of hydrogen-bond donors (Lipinski definition) is 1. The molecule has 6 rings (SSSR count). The molecule has 3 aromatic rings. The summed E-state index contributed by atoms with van der Waals surface area (Å²) in [5.74, 6) is 0.782. The number of amides is 1. The zero-order valence-electron chi connectivity index (χ0n) is 20.2. The van der Waals surface area contributed by atoms with E-state index < -0.39 is 0 Å². The topological polar surface area (TPSA) is 102 Å². The zero-order chi connectivity index (χ0) is 24.4. The van der Waals surface area contributed by atoms with Crippen molar-refractivity contribution in [3.05, 3.63) is 42.4 Å². The van der Waals surface area contributed by atoms with E-state index in [4.69, 9.17) is 9.47 Å². The van der Waals surface area contributed by atoms with Crippen LogP contribution >= 0.6 is 11.3 Å². The first kappa shape index (κ1) is 23.3. The molecule has 3 aliphatic rings. The molecule has 2 aliphatic carbocycles. The number of ether oxygens (including phenoxy) is 2. The van der Waals surface area contributed by atoms with Crippen molar-refractivity contribution < 1.29 is 14.3 Å². The van der Waals surface area contributed by atoms with Crippen LogP contribution in [0.25, 0.3) is 10.6 Å². The Morgan fingerprint density at radius 2 is 1.92 bits per heavy atom. The zero-order valence-corrected chi connectivity index (χ0v) is 21.0. The van der Waals surface area contributed by atoms with Crippen molar-refractivity contribution in [2.45, 2.75) is 51.0 Å². The minimum atomic E-state index is 0.105. The second kappa shape index (κ2) is 10.1. The fraction of sp³-hybridized carbons (Fsp3) is 0.500. The number of pyridine rings is 1. The van der Waals surface area contributed by atoms with Gasteiger partial charge in [0.05, 0.1) is 30.2 Å². The van der Waals surface area contributed by atoms with E-state index in [2.05, 4.69) is 25.3 Å². The molecule has 1 amide bonds. The molecular weight excluding hydrogens is 476 g/mol. The number of rotatable bonds is 7. The largest absolute Gasteiger partial charge is 0.460 e. The number of thiazole rings is 1. The molecule has 10 heteroatoms. The van der Waals surface area contributed by atoms with Gasteiger partial charge in [-0.15, -0.1) is 0 Å². The molecule has 188 valence electrons. The van der Waals surface area contributed by atoms with Crippen molar-refractivity contribution in [1.82, 2.24) is 24.8 Å². The molecule has 0 unspecified atom stereocenters. The van der Waals surface area contributed by atoms with Crippen LogP contribution in [0.1, 0.15) is 44.1 Å². The van der Waals surface area contributed by atoms with Gasteiger partial charge >= 0.3 is 6.01 Å². The lowest BCUT2D eigenvalue weighted by molar-refractivity contribution is -0.134. The molecule has 1 spiro atoms. The summed E-state index contributed by atoms with van der Waals surface area (Å²) in [6, 6.07) is 6.11. The van der Waals surface area contributed by atoms with Crippen molar-refractivity contribution in [3.8, 4) is 16.6 Å². The Kier molecular flexibility index (Phi) is 6.54. The van der Waals surface area contributed by atoms with Crippen molar-refractivity contribution in [3.63, 3.8) is 0 Å². The number of carbonyl (C=O) groups is 1. The number of anilines is 2. The Hall–Kier alpha value is -3.11. The van der Waals surface area contributed by atoms with Crippen molar-refractivity contribution in [1.29, 1.82) is 0 Å². The average Bonchev–Trinajstić information content (AvgIpc) is 3.51. The van der Waals surface area contributed by atoms with Crippen LogP contribution in [-0.4, -0.2) is 63.2 Å². The van der Waals surface area contributed by atoms with Gasteiger partial charge in [0, 0.05) is 31.7 Å². The molecule has 0 atom stereocenters. The van der Waals surface area contributed by atoms with E-state index in [-0.39, 0.29) is 12.0 Å². The SMILES string of the molecule is O=C(Cc1ccc(Nc2ncc(-c3ccnc(OC4CCC5(CC4)CC5)n3)s2)nc1)N1CCOCC1. The van der Waals surface area contributed by atoms with Gasteiger partial charge in [-0.1, -0.05) is 17.4 Å². The molecule has 0 radical (unpaired) electrons. The standard InChI is InChI=1S/C26H30N6O3S/c33-23(32-11-13-34-14-12-32)15-18-1-2-22(28-16-18)31-25-29-17-21(36-25)20-5-10-27-24(30-20)35-19-3-6-26(7-4-19)8-9-26/h1-2,5,10,16-17,19H,3-4,6-9,11-15H2,(H,28,29,31). The van der Waals surface area contributed by atoms with Gasteiger partial charge in [0.15, 0.2) is 5.13 Å². The molecule has 3 fully saturated rings. The summed E-state index contributed by atoms with van der Waals surface area (Å²) in [4.78, 5) is 33.1. The van der Waals surface area contributed by atoms with Crippen LogP contribution in [0.5, 0.6) is 6.01 Å². The van der Waals surface area contributed by atoms with E-state index in [0.717, 1.165) is 34.1 Å². The van der Waals surface area contributed by atoms with Gasteiger partial charge in [-0.05, 0) is 61.6 Å². The highest BCUT2D eigenvalue weighted by Gasteiger charge is 2.45. The van der Waals surface area contributed by atoms with Crippen LogP contribution in [0.4, 0.5) is 10.9 Å². The fourth-order valence-corrected chi connectivity index (χ4v) is 5.74. The van der Waals surface area contributed by atoms with Crippen LogP contribution in [0.2, 0.25) is 0 Å². The van der Waals surface area contributed by atoms with Crippen molar-refractivity contribution in [2.75, 3.05) is 31.6 Å². The second-order valence-electron chi connectivity index (χ2n) is 9.92. The molecule has 0 bridgehead atoms. The maximum absolute atomic E-state index is 12.4. The third kappa shape index (κ3) is 5.49. The molecule has 1 N–H and O–H groups in total. The average molecular weight is 507 g/mol. The monoisotopic (exact) mass is 506 g/mol. The number of carbonyl (C=O) groups excluding carboxylic acids is 1. The number of morpholine rings is 1. The Bertz CT molecular complexity index is 1200. The van der Waals surface area contributed by atoms with Gasteiger partial charge < -0.3 is 19.7 Å². The number of nitrogens with one attached hydrogen (secondary N) is 1. The summed E-state index contributed by atoms with van der Waals surface area (Å²) < 4.78 is 11.4. The lowest BCUT2D eigenvalue weighted by Crippen LogP contribution is -2.41. The lowest BCUT2D eigenvalue weighted by atomic mass is 9.85. The molecule has 1 aliphatic heterocycles. The highest BCUT2D eigenvalue weighted by Crippen LogP contribution is 2.56. The van der Waals surface area contributed by atoms with Gasteiger partial charge in [0.25, 0.3) is 0 Å². The highest BCUT2D eigenvalue weighted by molar-refractivity contribution is 7.18. The van der Waals surface area contributed by atoms with E-state index in [1.807, 2.05) is 23.1 Å². The van der Waals surface area contributed by atoms with E-state index >= 15 is 0 Å². The molecule has 0 aromatic carbocycles. The summed E-state index contributed by atoms with van der Waals surface area (Å²) in [6.07, 6.45) is 13.3. The second-order valence-corrected chi connectivity index (χ2v) is 10.9. The fourth-order valence-electron chi connectivity index (χ4n) is 4.94. The van der Waals surface area contributed by atoms with Gasteiger partial charge in [-0.3, -0.25) is 4.79 Å². The summed E-state index contributed by atoms with van der Waals surface area (Å²) in [7, 11) is 0. The van der Waals surface area contributed by atoms with Gasteiger partial charge in [0.2, 0.25) is 5.91 Å². The predicted octanol–water partition coefficient (Wildman–Crippen LogP) is 4.24. The Morgan fingerprint density at radius 3 is 2.67 bits per heavy atom. The smallest absolute Gasteiger partial charge is 0.317 e. The van der Waals surface area contributed by atoms with Crippen molar-refractivity contribution >= 4 is 28.2 Å². The van der Waals surface area contributed by atoms with Crippen LogP contribution < -0.4 is 10.1 Å². The molecule has 36 heavy (non-hydrogen) atoms. The molecular formula is C26H30N6O3S. The number of nitrogens with zero attached hydrogens (tertiary/aromatic N) is 5. The summed E-state index contributed by atoms with van der Waals surface area (Å²) in [5, 5.41) is 3.96. The summed E-state index contributed by atoms with van der Waals surface area (Å²) in [5.41, 5.74) is 2.32. The summed E-state index contributed by atoms with van der Waals surface area (Å²) in [6.45, 7) is 2.51. The van der Waals surface area contributed by atoms with Gasteiger partial charge in [0.1, 0.15) is 11.9 Å². The maximum Gasteiger partial charge on any atom is 0.317 e. The Labute approximate surface area is 214 Å². The first-order valence-electron chi connectivity index (χ1n) is 12.7. The van der Waals surface area contributed by atoms with E-state index in [9.17, 15) is 4.79 Å². The highest BCUT2D eigenvalue weighted by atomic mass is 32.1. The summed E-state index contributed by atoms with van der Waals surface area (Å²) >= 11 is 1.50. The van der Waals surface area contributed by atoms with Gasteiger partial charge in [-0.2, -0.15) is 4.98 Å². The first-order chi connectivity index (χ1) is 17.6. The lowest BCUT2D eigenvalue weighted by Gasteiger charge is -2.28. The number of hydrogen-bond acceptors (Lipinski definition) is 9. The molecule has 1 saturated heterocycles. The Balaban J connectivity index is 1.04. The third-order valence-corrected chi connectivity index (χ3v) is 8.33. The predicted molar refractivity (Wildman–Crippen MR) is 136 cm³/mol. The minimum Gasteiger partial charge on any atom is -0.460 e. The van der Waals surface area contributed by atoms with E-state index in [1.165, 1.54) is 37.0 Å². The van der Waals surface area contributed by atoms with Gasteiger partial charge in [-0.25, -0.2) is 15.0 Å². The van der Waals surface area contributed by atoms with Crippen LogP contribution in [0, 0.1) is 5.41 Å². The van der Waals surface area contributed by atoms with Crippen LogP contribution in [0.15, 0.2) is 36.8 Å². The van der Waals surface area contributed by atoms with Crippen LogP contribution in [0.3, 0.4) is 0 Å². The minimum absolute atomic E-state index is 0.105. The normalized spacial score (nSPS) is 19.3. The van der Waals surface area contributed by atoms with Crippen molar-refractivity contribution in [2.24, 2.45) is 5.41 Å². The first-order valence-corrected chi connectivity index (χ1v) is 13.5. The third-order valence-electron chi connectivity index (χ3n) is 7.39. The molecule has 2 saturated carbocycles. The Morgan fingerprint density at radius 1 is 1.08 bits per heavy atom. The quantitative estimate of drug-likeness (QED) is 0.508. The van der Waals surface area contributed by atoms with E-state index in [0.29, 0.717) is 50.0 Å². The molecule has 4 heterocycles. The van der Waals surface area contributed by atoms with Crippen LogP contribution in [-0.2, 0) is 16.0 Å². The maximum atomic E-state index is 12.4. The number of aromatic nitrogens is 4. The van der Waals surface area contributed by atoms with E-state index in [1.54, 1.807) is 18.6 Å². The molecule has 9 nitrogen and oxygen atoms in total.